The number of urea groups is 1. The van der Waals surface area contributed by atoms with E-state index in [0.717, 1.165) is 50.2 Å². The van der Waals surface area contributed by atoms with Crippen molar-refractivity contribution in [2.75, 3.05) is 11.9 Å². The van der Waals surface area contributed by atoms with Crippen LogP contribution < -0.4 is 24.8 Å². The Balaban J connectivity index is 0.978. The number of nitrogens with one attached hydrogen (secondary N) is 2. The van der Waals surface area contributed by atoms with Crippen LogP contribution in [-0.2, 0) is 35.6 Å². The predicted molar refractivity (Wildman–Crippen MR) is 231 cm³/mol. The van der Waals surface area contributed by atoms with E-state index < -0.39 is 36.1 Å². The van der Waals surface area contributed by atoms with E-state index in [0.29, 0.717) is 39.7 Å². The molecule has 4 heterocycles. The van der Waals surface area contributed by atoms with Gasteiger partial charge in [0.2, 0.25) is 5.91 Å². The van der Waals surface area contributed by atoms with Gasteiger partial charge < -0.3 is 29.5 Å². The Hall–Kier alpha value is -6.63. The van der Waals surface area contributed by atoms with Crippen molar-refractivity contribution in [1.29, 1.82) is 0 Å². The molecule has 12 nitrogen and oxygen atoms in total. The second-order valence-electron chi connectivity index (χ2n) is 15.0. The summed E-state index contributed by atoms with van der Waals surface area (Å²) in [6.45, 7) is 4.55. The van der Waals surface area contributed by atoms with E-state index in [2.05, 4.69) is 20.6 Å². The normalized spacial score (nSPS) is 15.9. The van der Waals surface area contributed by atoms with Gasteiger partial charge in [-0.15, -0.1) is 0 Å². The molecule has 14 heteroatoms. The Morgan fingerprint density at radius 3 is 2.38 bits per heavy atom. The minimum atomic E-state index is -1.26. The molecule has 3 N–H and O–H groups in total. The molecule has 0 spiro atoms. The Morgan fingerprint density at radius 1 is 0.869 bits per heavy atom. The van der Waals surface area contributed by atoms with Gasteiger partial charge in [-0.3, -0.25) is 15.1 Å². The van der Waals surface area contributed by atoms with E-state index in [-0.39, 0.29) is 26.0 Å². The first-order valence-electron chi connectivity index (χ1n) is 19.6. The molecule has 6 aromatic rings. The molecule has 4 aromatic carbocycles. The Labute approximate surface area is 362 Å². The van der Waals surface area contributed by atoms with Gasteiger partial charge in [-0.25, -0.2) is 14.6 Å². The average Bonchev–Trinajstić information content (AvgIpc) is 3.27. The number of rotatable bonds is 11. The van der Waals surface area contributed by atoms with Crippen LogP contribution in [0.1, 0.15) is 45.2 Å². The van der Waals surface area contributed by atoms with E-state index in [4.69, 9.17) is 37.4 Å². The molecule has 0 aliphatic carbocycles. The monoisotopic (exact) mass is 857 g/mol. The molecule has 2 aliphatic rings. The lowest BCUT2D eigenvalue weighted by Crippen LogP contribution is -2.56. The van der Waals surface area contributed by atoms with Gasteiger partial charge in [0.05, 0.1) is 10.0 Å². The van der Waals surface area contributed by atoms with Crippen molar-refractivity contribution in [3.63, 3.8) is 0 Å². The summed E-state index contributed by atoms with van der Waals surface area (Å²) in [4.78, 5) is 50.6. The molecule has 3 unspecified atom stereocenters. The summed E-state index contributed by atoms with van der Waals surface area (Å²) in [5, 5.41) is 16.7. The number of hydrogen-bond acceptors (Lipinski definition) is 8. The van der Waals surface area contributed by atoms with Gasteiger partial charge in [-0.05, 0) is 113 Å². The fraction of sp³-hybridized carbons (Fsp3) is 0.213. The van der Waals surface area contributed by atoms with Crippen molar-refractivity contribution in [3.05, 3.63) is 165 Å². The standard InChI is InChI=1S/C47H41Cl2N5O7/c1-27-28(2)50-18-16-36(27)31-9-6-29(7-10-31)20-39(46(56)57)52-45(55)40-21-33-22-41-42(23-34(33)24-54(40)47(58)53-44-5-3-4-17-51-44)61-43(26-60-41)32-11-13-35(14-12-32)59-25-30-8-15-37(48)38(49)19-30/h3-19,22-23,39-40,43H,20-21,24-26H2,1-2H3,(H,52,55)(H,56,57)(H,51,53,58). The van der Waals surface area contributed by atoms with Crippen molar-refractivity contribution in [2.45, 2.75) is 58.0 Å². The zero-order valence-electron chi connectivity index (χ0n) is 33.2. The maximum absolute atomic E-state index is 14.1. The number of fused-ring (bicyclic) bond motifs is 2. The third-order valence-electron chi connectivity index (χ3n) is 10.9. The van der Waals surface area contributed by atoms with Gasteiger partial charge in [-0.1, -0.05) is 71.7 Å². The number of halogens is 2. The van der Waals surface area contributed by atoms with Gasteiger partial charge in [0.25, 0.3) is 0 Å². The maximum atomic E-state index is 14.1. The van der Waals surface area contributed by atoms with Crippen molar-refractivity contribution in [1.82, 2.24) is 20.2 Å². The molecule has 0 bridgehead atoms. The van der Waals surface area contributed by atoms with E-state index >= 15 is 0 Å². The highest BCUT2D eigenvalue weighted by atomic mass is 35.5. The number of pyridine rings is 2. The number of aryl methyl sites for hydroxylation is 1. The molecule has 0 saturated carbocycles. The number of carbonyl (C=O) groups excluding carboxylic acids is 2. The van der Waals surface area contributed by atoms with E-state index in [1.807, 2.05) is 86.6 Å². The Bertz CT molecular complexity index is 2590. The third kappa shape index (κ3) is 9.41. The van der Waals surface area contributed by atoms with Gasteiger partial charge in [-0.2, -0.15) is 0 Å². The average molecular weight is 859 g/mol. The Kier molecular flexibility index (Phi) is 12.1. The summed E-state index contributed by atoms with van der Waals surface area (Å²) in [6.07, 6.45) is 3.03. The lowest BCUT2D eigenvalue weighted by molar-refractivity contribution is -0.142. The second-order valence-corrected chi connectivity index (χ2v) is 15.8. The smallest absolute Gasteiger partial charge is 0.326 e. The first kappa shape index (κ1) is 41.1. The van der Waals surface area contributed by atoms with Crippen molar-refractivity contribution in [3.8, 4) is 28.4 Å². The minimum Gasteiger partial charge on any atom is -0.489 e. The second kappa shape index (κ2) is 17.9. The van der Waals surface area contributed by atoms with Crippen LogP contribution in [0.2, 0.25) is 10.0 Å². The highest BCUT2D eigenvalue weighted by Crippen LogP contribution is 2.41. The number of carboxylic acid groups (broad SMARTS) is 1. The fourth-order valence-electron chi connectivity index (χ4n) is 7.43. The number of carbonyl (C=O) groups is 3. The summed E-state index contributed by atoms with van der Waals surface area (Å²) >= 11 is 12.2. The van der Waals surface area contributed by atoms with Crippen LogP contribution in [-0.4, -0.2) is 56.6 Å². The minimum absolute atomic E-state index is 0.0331. The van der Waals surface area contributed by atoms with Crippen LogP contribution in [0.5, 0.6) is 17.2 Å². The summed E-state index contributed by atoms with van der Waals surface area (Å²) in [5.74, 6) is 0.169. The van der Waals surface area contributed by atoms with Crippen molar-refractivity contribution >= 4 is 46.9 Å². The van der Waals surface area contributed by atoms with Crippen molar-refractivity contribution in [2.24, 2.45) is 0 Å². The summed E-state index contributed by atoms with van der Waals surface area (Å²) in [6, 6.07) is 28.3. The highest BCUT2D eigenvalue weighted by molar-refractivity contribution is 6.42. The van der Waals surface area contributed by atoms with Crippen LogP contribution in [0, 0.1) is 13.8 Å². The summed E-state index contributed by atoms with van der Waals surface area (Å²) in [7, 11) is 0. The number of nitrogens with zero attached hydrogens (tertiary/aromatic N) is 3. The van der Waals surface area contributed by atoms with Crippen LogP contribution >= 0.6 is 23.2 Å². The van der Waals surface area contributed by atoms with Gasteiger partial charge >= 0.3 is 12.0 Å². The molecular formula is C47H41Cl2N5O7. The molecule has 0 fully saturated rings. The molecule has 0 saturated heterocycles. The first-order valence-corrected chi connectivity index (χ1v) is 20.4. The molecule has 0 radical (unpaired) electrons. The first-order chi connectivity index (χ1) is 29.5. The zero-order valence-corrected chi connectivity index (χ0v) is 34.7. The van der Waals surface area contributed by atoms with Gasteiger partial charge in [0.15, 0.2) is 17.6 Å². The van der Waals surface area contributed by atoms with E-state index in [1.54, 1.807) is 42.7 Å². The molecule has 2 aliphatic heterocycles. The maximum Gasteiger partial charge on any atom is 0.326 e. The number of amides is 3. The number of aliphatic carboxylic acids is 1. The number of aromatic nitrogens is 2. The zero-order chi connectivity index (χ0) is 42.6. The number of ether oxygens (including phenoxy) is 3. The van der Waals surface area contributed by atoms with Crippen LogP contribution in [0.25, 0.3) is 11.1 Å². The van der Waals surface area contributed by atoms with Crippen molar-refractivity contribution < 1.29 is 33.7 Å². The molecular weight excluding hydrogens is 817 g/mol. The number of carboxylic acids is 1. The predicted octanol–water partition coefficient (Wildman–Crippen LogP) is 8.93. The van der Waals surface area contributed by atoms with Gasteiger partial charge in [0, 0.05) is 37.5 Å². The van der Waals surface area contributed by atoms with Gasteiger partial charge in [0.1, 0.15) is 36.9 Å². The van der Waals surface area contributed by atoms with E-state index in [1.165, 1.54) is 4.90 Å². The Morgan fingerprint density at radius 2 is 1.64 bits per heavy atom. The summed E-state index contributed by atoms with van der Waals surface area (Å²) < 4.78 is 18.6. The molecule has 8 rings (SSSR count). The highest BCUT2D eigenvalue weighted by Gasteiger charge is 2.38. The SMILES string of the molecule is Cc1nccc(-c2ccc(CC(NC(=O)C3Cc4cc5c(cc4CN3C(=O)Nc3ccccn3)OC(c3ccc(OCc4ccc(Cl)c(Cl)c4)cc3)CO5)C(=O)O)cc2)c1C. The molecule has 3 amide bonds. The van der Waals surface area contributed by atoms with Crippen LogP contribution in [0.3, 0.4) is 0 Å². The largest absolute Gasteiger partial charge is 0.489 e. The molecule has 3 atom stereocenters. The molecule has 61 heavy (non-hydrogen) atoms. The third-order valence-corrected chi connectivity index (χ3v) is 11.7. The number of benzene rings is 4. The van der Waals surface area contributed by atoms with Crippen LogP contribution in [0.4, 0.5) is 10.6 Å². The molecule has 2 aromatic heterocycles. The number of hydrogen-bond donors (Lipinski definition) is 3. The number of anilines is 1. The molecule has 310 valence electrons. The summed E-state index contributed by atoms with van der Waals surface area (Å²) in [5.41, 5.74) is 8.02. The topological polar surface area (TPSA) is 152 Å². The van der Waals surface area contributed by atoms with Crippen LogP contribution in [0.15, 0.2) is 116 Å². The fourth-order valence-corrected chi connectivity index (χ4v) is 7.75. The lowest BCUT2D eigenvalue weighted by atomic mass is 9.92. The van der Waals surface area contributed by atoms with E-state index in [9.17, 15) is 19.5 Å². The quantitative estimate of drug-likeness (QED) is 0.116. The lowest BCUT2D eigenvalue weighted by Gasteiger charge is -2.37.